The van der Waals surface area contributed by atoms with Gasteiger partial charge in [0.25, 0.3) is 0 Å². The van der Waals surface area contributed by atoms with Crippen LogP contribution in [0, 0.1) is 0 Å². The Bertz CT molecular complexity index is 1200. The molecular formula is C35H42O6. The molecule has 0 amide bonds. The van der Waals surface area contributed by atoms with Crippen molar-refractivity contribution < 1.29 is 28.4 Å². The Kier molecular flexibility index (Phi) is 10.6. The van der Waals surface area contributed by atoms with Crippen LogP contribution in [-0.2, 0) is 48.2 Å². The van der Waals surface area contributed by atoms with E-state index in [1.54, 1.807) is 0 Å². The molecule has 2 heterocycles. The van der Waals surface area contributed by atoms with Crippen LogP contribution in [0.5, 0.6) is 0 Å². The second-order valence-corrected chi connectivity index (χ2v) is 11.2. The predicted octanol–water partition coefficient (Wildman–Crippen LogP) is 6.98. The Morgan fingerprint density at radius 2 is 1.37 bits per heavy atom. The zero-order valence-corrected chi connectivity index (χ0v) is 24.2. The van der Waals surface area contributed by atoms with E-state index in [0.717, 1.165) is 35.3 Å². The lowest BCUT2D eigenvalue weighted by molar-refractivity contribution is -0.178. The largest absolute Gasteiger partial charge is 0.490 e. The molecule has 2 aliphatic heterocycles. The van der Waals surface area contributed by atoms with Crippen LogP contribution in [0.3, 0.4) is 0 Å². The molecule has 6 heteroatoms. The topological polar surface area (TPSA) is 55.4 Å². The number of hydrogen-bond donors (Lipinski definition) is 0. The Morgan fingerprint density at radius 3 is 1.95 bits per heavy atom. The molecule has 0 radical (unpaired) electrons. The predicted molar refractivity (Wildman–Crippen MR) is 158 cm³/mol. The number of ether oxygens (including phenoxy) is 6. The Hall–Kier alpha value is -3.00. The molecule has 0 aliphatic carbocycles. The van der Waals surface area contributed by atoms with Crippen molar-refractivity contribution in [2.45, 2.75) is 83.1 Å². The first kappa shape index (κ1) is 29.5. The van der Waals surface area contributed by atoms with Gasteiger partial charge in [0.2, 0.25) is 0 Å². The number of rotatable bonds is 13. The highest BCUT2D eigenvalue weighted by molar-refractivity contribution is 5.16. The van der Waals surface area contributed by atoms with Crippen molar-refractivity contribution in [3.05, 3.63) is 120 Å². The summed E-state index contributed by atoms with van der Waals surface area (Å²) in [6.07, 6.45) is 3.80. The molecule has 0 spiro atoms. The van der Waals surface area contributed by atoms with Gasteiger partial charge in [0.05, 0.1) is 51.0 Å². The highest BCUT2D eigenvalue weighted by atomic mass is 16.7. The maximum atomic E-state index is 6.57. The van der Waals surface area contributed by atoms with E-state index < -0.39 is 5.79 Å². The van der Waals surface area contributed by atoms with Crippen molar-refractivity contribution in [1.29, 1.82) is 0 Å². The molecule has 0 N–H and O–H groups in total. The Balaban J connectivity index is 1.29. The molecule has 2 fully saturated rings. The third-order valence-electron chi connectivity index (χ3n) is 7.35. The summed E-state index contributed by atoms with van der Waals surface area (Å²) in [5.74, 6) is 0.397. The fourth-order valence-corrected chi connectivity index (χ4v) is 5.24. The molecule has 0 bridgehead atoms. The van der Waals surface area contributed by atoms with Crippen molar-refractivity contribution in [3.63, 3.8) is 0 Å². The van der Waals surface area contributed by atoms with Gasteiger partial charge in [-0.3, -0.25) is 0 Å². The quantitative estimate of drug-likeness (QED) is 0.226. The molecule has 218 valence electrons. The highest BCUT2D eigenvalue weighted by Crippen LogP contribution is 2.31. The van der Waals surface area contributed by atoms with E-state index in [2.05, 4.69) is 42.5 Å². The van der Waals surface area contributed by atoms with Crippen LogP contribution in [0.25, 0.3) is 0 Å². The summed E-state index contributed by atoms with van der Waals surface area (Å²) in [6.45, 7) is 6.42. The minimum Gasteiger partial charge on any atom is -0.490 e. The van der Waals surface area contributed by atoms with Crippen molar-refractivity contribution in [3.8, 4) is 0 Å². The van der Waals surface area contributed by atoms with Crippen LogP contribution in [0.15, 0.2) is 103 Å². The van der Waals surface area contributed by atoms with Gasteiger partial charge in [-0.25, -0.2) is 0 Å². The standard InChI is InChI=1S/C35H42O6/c1-35(2)39-25-31(41-35)20-12-19-30-21-32(37-23-28-15-8-4-9-16-28)34(38-24-29-17-10-5-11-18-29)33(40-30)26-36-22-27-13-6-3-7-14-27/h3-11,13-19,31-34H,12,20-26H2,1-2H3/b30-19-/t31-,32+,33+,34-/m0/s1. The van der Waals surface area contributed by atoms with Crippen LogP contribution in [-0.4, -0.2) is 43.4 Å². The van der Waals surface area contributed by atoms with Crippen LogP contribution < -0.4 is 0 Å². The minimum absolute atomic E-state index is 0.0857. The van der Waals surface area contributed by atoms with Gasteiger partial charge >= 0.3 is 0 Å². The molecule has 2 aliphatic rings. The average Bonchev–Trinajstić information content (AvgIpc) is 3.35. The fourth-order valence-electron chi connectivity index (χ4n) is 5.24. The second kappa shape index (κ2) is 14.8. The van der Waals surface area contributed by atoms with Crippen LogP contribution in [0.1, 0.15) is 49.8 Å². The van der Waals surface area contributed by atoms with E-state index >= 15 is 0 Å². The second-order valence-electron chi connectivity index (χ2n) is 11.2. The van der Waals surface area contributed by atoms with E-state index in [-0.39, 0.29) is 24.4 Å². The van der Waals surface area contributed by atoms with Crippen molar-refractivity contribution >= 4 is 0 Å². The van der Waals surface area contributed by atoms with Gasteiger partial charge in [-0.1, -0.05) is 91.0 Å². The Labute approximate surface area is 244 Å². The zero-order valence-electron chi connectivity index (χ0n) is 24.2. The third-order valence-corrected chi connectivity index (χ3v) is 7.35. The molecule has 2 saturated heterocycles. The lowest BCUT2D eigenvalue weighted by atomic mass is 9.99. The highest BCUT2D eigenvalue weighted by Gasteiger charge is 2.39. The lowest BCUT2D eigenvalue weighted by Crippen LogP contribution is -2.48. The molecule has 0 unspecified atom stereocenters. The minimum atomic E-state index is -0.514. The SMILES string of the molecule is CC1(C)OC[C@H](CC/C=C2/C[C@@H](OCc3ccccc3)[C@H](OCc3ccccc3)[C@@H](COCc3ccccc3)O2)O1. The van der Waals surface area contributed by atoms with E-state index in [1.807, 2.05) is 68.4 Å². The first-order valence-corrected chi connectivity index (χ1v) is 14.6. The van der Waals surface area contributed by atoms with Gasteiger partial charge in [-0.2, -0.15) is 0 Å². The van der Waals surface area contributed by atoms with Crippen molar-refractivity contribution in [1.82, 2.24) is 0 Å². The normalized spacial score (nSPS) is 24.8. The number of benzene rings is 3. The first-order chi connectivity index (χ1) is 20.0. The molecule has 5 rings (SSSR count). The number of allylic oxidation sites excluding steroid dienone is 1. The summed E-state index contributed by atoms with van der Waals surface area (Å²) in [6, 6.07) is 30.7. The summed E-state index contributed by atoms with van der Waals surface area (Å²) in [5, 5.41) is 0. The van der Waals surface area contributed by atoms with E-state index in [1.165, 1.54) is 0 Å². The van der Waals surface area contributed by atoms with Gasteiger partial charge in [-0.05, 0) is 49.5 Å². The maximum Gasteiger partial charge on any atom is 0.163 e. The molecule has 0 saturated carbocycles. The van der Waals surface area contributed by atoms with Gasteiger partial charge in [-0.15, -0.1) is 0 Å². The van der Waals surface area contributed by atoms with E-state index in [9.17, 15) is 0 Å². The zero-order chi connectivity index (χ0) is 28.3. The fraction of sp³-hybridized carbons (Fsp3) is 0.429. The lowest BCUT2D eigenvalue weighted by Gasteiger charge is -2.39. The van der Waals surface area contributed by atoms with Gasteiger partial charge in [0.1, 0.15) is 6.10 Å². The summed E-state index contributed by atoms with van der Waals surface area (Å²) in [5.41, 5.74) is 3.37. The van der Waals surface area contributed by atoms with Crippen molar-refractivity contribution in [2.75, 3.05) is 13.2 Å². The number of hydrogen-bond acceptors (Lipinski definition) is 6. The molecule has 6 nitrogen and oxygen atoms in total. The molecule has 3 aromatic carbocycles. The molecule has 4 atom stereocenters. The summed E-state index contributed by atoms with van der Waals surface area (Å²) in [4.78, 5) is 0. The van der Waals surface area contributed by atoms with E-state index in [0.29, 0.717) is 39.5 Å². The summed E-state index contributed by atoms with van der Waals surface area (Å²) >= 11 is 0. The van der Waals surface area contributed by atoms with Crippen LogP contribution in [0.2, 0.25) is 0 Å². The average molecular weight is 559 g/mol. The first-order valence-electron chi connectivity index (χ1n) is 14.6. The maximum absolute atomic E-state index is 6.57. The van der Waals surface area contributed by atoms with Gasteiger partial charge in [0.15, 0.2) is 11.9 Å². The van der Waals surface area contributed by atoms with Crippen LogP contribution >= 0.6 is 0 Å². The molecular weight excluding hydrogens is 516 g/mol. The van der Waals surface area contributed by atoms with Crippen LogP contribution in [0.4, 0.5) is 0 Å². The monoisotopic (exact) mass is 558 g/mol. The summed E-state index contributed by atoms with van der Waals surface area (Å²) < 4.78 is 37.6. The molecule has 41 heavy (non-hydrogen) atoms. The Morgan fingerprint density at radius 1 is 0.780 bits per heavy atom. The molecule has 3 aromatic rings. The summed E-state index contributed by atoms with van der Waals surface area (Å²) in [7, 11) is 0. The third kappa shape index (κ3) is 9.25. The van der Waals surface area contributed by atoms with E-state index in [4.69, 9.17) is 28.4 Å². The van der Waals surface area contributed by atoms with Crippen molar-refractivity contribution in [2.24, 2.45) is 0 Å². The molecule has 0 aromatic heterocycles. The van der Waals surface area contributed by atoms with Gasteiger partial charge < -0.3 is 28.4 Å². The smallest absolute Gasteiger partial charge is 0.163 e. The van der Waals surface area contributed by atoms with Gasteiger partial charge in [0, 0.05) is 6.42 Å².